The molecule has 31 heavy (non-hydrogen) atoms. The molecule has 3 aromatic rings. The minimum atomic E-state index is 0.610. The van der Waals surface area contributed by atoms with Crippen molar-refractivity contribution in [3.05, 3.63) is 47.8 Å². The van der Waals surface area contributed by atoms with Crippen LogP contribution in [0.3, 0.4) is 0 Å². The van der Waals surface area contributed by atoms with Gasteiger partial charge < -0.3 is 24.6 Å². The van der Waals surface area contributed by atoms with Crippen LogP contribution in [0.5, 0.6) is 11.5 Å². The highest BCUT2D eigenvalue weighted by Crippen LogP contribution is 2.28. The van der Waals surface area contributed by atoms with Gasteiger partial charge in [0.05, 0.1) is 13.7 Å². The van der Waals surface area contributed by atoms with Crippen molar-refractivity contribution in [1.29, 1.82) is 0 Å². The molecule has 1 aliphatic rings. The topological polar surface area (TPSA) is 67.7 Å². The standard InChI is InChI=1S/C22H30N6O2S/c1-4-30-20-14-17(7-8-19(20)29-3)15-23-16-18-6-5-9-28(18)22-25-24-21(31-22)27-12-10-26(2)11-13-27/h5-9,14,23H,4,10-13,15-16H2,1-3H3. The molecule has 2 aromatic heterocycles. The smallest absolute Gasteiger partial charge is 0.218 e. The van der Waals surface area contributed by atoms with E-state index in [-0.39, 0.29) is 0 Å². The molecule has 9 heteroatoms. The summed E-state index contributed by atoms with van der Waals surface area (Å²) >= 11 is 1.64. The summed E-state index contributed by atoms with van der Waals surface area (Å²) in [5, 5.41) is 14.3. The lowest BCUT2D eigenvalue weighted by Crippen LogP contribution is -2.44. The van der Waals surface area contributed by atoms with Crippen molar-refractivity contribution in [1.82, 2.24) is 25.0 Å². The van der Waals surface area contributed by atoms with E-state index < -0.39 is 0 Å². The molecule has 4 rings (SSSR count). The van der Waals surface area contributed by atoms with Gasteiger partial charge >= 0.3 is 0 Å². The zero-order valence-corrected chi connectivity index (χ0v) is 19.2. The van der Waals surface area contributed by atoms with Crippen molar-refractivity contribution in [2.24, 2.45) is 0 Å². The zero-order chi connectivity index (χ0) is 21.6. The second-order valence-electron chi connectivity index (χ2n) is 7.55. The van der Waals surface area contributed by atoms with Gasteiger partial charge in [-0.3, -0.25) is 4.57 Å². The number of aromatic nitrogens is 3. The molecule has 0 atom stereocenters. The van der Waals surface area contributed by atoms with Crippen LogP contribution in [0.25, 0.3) is 5.13 Å². The van der Waals surface area contributed by atoms with Crippen molar-refractivity contribution in [2.45, 2.75) is 20.0 Å². The Hall–Kier alpha value is -2.62. The summed E-state index contributed by atoms with van der Waals surface area (Å²) in [7, 11) is 3.82. The van der Waals surface area contributed by atoms with E-state index in [9.17, 15) is 0 Å². The van der Waals surface area contributed by atoms with Gasteiger partial charge in [0.1, 0.15) is 0 Å². The SMILES string of the molecule is CCOc1cc(CNCc2cccn2-c2nnc(N3CCN(C)CC3)s2)ccc1OC. The second kappa shape index (κ2) is 10.1. The van der Waals surface area contributed by atoms with Crippen molar-refractivity contribution in [3.8, 4) is 16.6 Å². The molecule has 0 spiro atoms. The minimum Gasteiger partial charge on any atom is -0.493 e. The molecular formula is C22H30N6O2S. The van der Waals surface area contributed by atoms with E-state index in [1.165, 1.54) is 0 Å². The summed E-state index contributed by atoms with van der Waals surface area (Å²) in [5.41, 5.74) is 2.30. The molecule has 166 valence electrons. The lowest BCUT2D eigenvalue weighted by molar-refractivity contribution is 0.310. The lowest BCUT2D eigenvalue weighted by atomic mass is 10.2. The molecule has 8 nitrogen and oxygen atoms in total. The molecule has 1 fully saturated rings. The summed E-state index contributed by atoms with van der Waals surface area (Å²) in [6.45, 7) is 8.16. The number of piperazine rings is 1. The van der Waals surface area contributed by atoms with Crippen molar-refractivity contribution >= 4 is 16.5 Å². The Balaban J connectivity index is 1.38. The van der Waals surface area contributed by atoms with E-state index in [2.05, 4.69) is 55.1 Å². The number of nitrogens with zero attached hydrogens (tertiary/aromatic N) is 5. The lowest BCUT2D eigenvalue weighted by Gasteiger charge is -2.31. The molecule has 3 heterocycles. The molecule has 0 amide bonds. The predicted octanol–water partition coefficient (Wildman–Crippen LogP) is 2.78. The number of hydrogen-bond acceptors (Lipinski definition) is 8. The highest BCUT2D eigenvalue weighted by Gasteiger charge is 2.19. The molecule has 0 radical (unpaired) electrons. The summed E-state index contributed by atoms with van der Waals surface area (Å²) in [6, 6.07) is 10.2. The van der Waals surface area contributed by atoms with Gasteiger partial charge in [-0.05, 0) is 43.8 Å². The van der Waals surface area contributed by atoms with E-state index >= 15 is 0 Å². The highest BCUT2D eigenvalue weighted by atomic mass is 32.1. The fourth-order valence-electron chi connectivity index (χ4n) is 3.61. The molecule has 0 saturated carbocycles. The summed E-state index contributed by atoms with van der Waals surface area (Å²) in [4.78, 5) is 4.66. The van der Waals surface area contributed by atoms with Gasteiger partial charge in [0.2, 0.25) is 10.3 Å². The van der Waals surface area contributed by atoms with E-state index in [4.69, 9.17) is 9.47 Å². The quantitative estimate of drug-likeness (QED) is 0.547. The van der Waals surface area contributed by atoms with Crippen LogP contribution in [0.2, 0.25) is 0 Å². The maximum Gasteiger partial charge on any atom is 0.218 e. The number of hydrogen-bond donors (Lipinski definition) is 1. The van der Waals surface area contributed by atoms with Crippen LogP contribution in [0.15, 0.2) is 36.5 Å². The van der Waals surface area contributed by atoms with Crippen LogP contribution >= 0.6 is 11.3 Å². The highest BCUT2D eigenvalue weighted by molar-refractivity contribution is 7.17. The maximum absolute atomic E-state index is 5.68. The first-order valence-electron chi connectivity index (χ1n) is 10.6. The fourth-order valence-corrected chi connectivity index (χ4v) is 4.53. The number of ether oxygens (including phenoxy) is 2. The number of anilines is 1. The summed E-state index contributed by atoms with van der Waals surface area (Å²) in [6.07, 6.45) is 2.05. The normalized spacial score (nSPS) is 14.7. The molecule has 0 aliphatic carbocycles. The molecule has 1 aliphatic heterocycles. The van der Waals surface area contributed by atoms with Crippen molar-refractivity contribution < 1.29 is 9.47 Å². The van der Waals surface area contributed by atoms with Crippen molar-refractivity contribution in [3.63, 3.8) is 0 Å². The molecule has 1 N–H and O–H groups in total. The molecule has 0 unspecified atom stereocenters. The van der Waals surface area contributed by atoms with Crippen LogP contribution in [-0.2, 0) is 13.1 Å². The monoisotopic (exact) mass is 442 g/mol. The van der Waals surface area contributed by atoms with E-state index in [0.29, 0.717) is 6.61 Å². The van der Waals surface area contributed by atoms with Crippen LogP contribution in [0.1, 0.15) is 18.2 Å². The third-order valence-electron chi connectivity index (χ3n) is 5.38. The Labute approximate surface area is 187 Å². The average Bonchev–Trinajstić information content (AvgIpc) is 3.44. The van der Waals surface area contributed by atoms with Gasteiger partial charge in [-0.25, -0.2) is 0 Å². The Morgan fingerprint density at radius 2 is 1.84 bits per heavy atom. The van der Waals surface area contributed by atoms with Crippen LogP contribution < -0.4 is 19.7 Å². The number of methoxy groups -OCH3 is 1. The van der Waals surface area contributed by atoms with Gasteiger partial charge in [0.15, 0.2) is 11.5 Å². The second-order valence-corrected chi connectivity index (χ2v) is 8.48. The Morgan fingerprint density at radius 3 is 2.61 bits per heavy atom. The van der Waals surface area contributed by atoms with Crippen LogP contribution in [-0.4, -0.2) is 66.6 Å². The first-order valence-corrected chi connectivity index (χ1v) is 11.4. The average molecular weight is 443 g/mol. The predicted molar refractivity (Wildman–Crippen MR) is 124 cm³/mol. The fraction of sp³-hybridized carbons (Fsp3) is 0.455. The first kappa shape index (κ1) is 21.6. The van der Waals surface area contributed by atoms with Gasteiger partial charge in [-0.15, -0.1) is 10.2 Å². The number of nitrogens with one attached hydrogen (secondary N) is 1. The van der Waals surface area contributed by atoms with E-state index in [1.807, 2.05) is 25.3 Å². The number of benzene rings is 1. The zero-order valence-electron chi connectivity index (χ0n) is 18.4. The summed E-state index contributed by atoms with van der Waals surface area (Å²) in [5.74, 6) is 1.53. The van der Waals surface area contributed by atoms with Crippen molar-refractivity contribution in [2.75, 3.05) is 51.8 Å². The van der Waals surface area contributed by atoms with Gasteiger partial charge in [0.25, 0.3) is 0 Å². The van der Waals surface area contributed by atoms with E-state index in [0.717, 1.165) is 72.3 Å². The summed E-state index contributed by atoms with van der Waals surface area (Å²) < 4.78 is 13.2. The third kappa shape index (κ3) is 5.17. The van der Waals surface area contributed by atoms with Crippen LogP contribution in [0, 0.1) is 0 Å². The number of likely N-dealkylation sites (N-methyl/N-ethyl adjacent to an activating group) is 1. The molecular weight excluding hydrogens is 412 g/mol. The largest absolute Gasteiger partial charge is 0.493 e. The molecule has 0 bridgehead atoms. The van der Waals surface area contributed by atoms with Crippen LogP contribution in [0.4, 0.5) is 5.13 Å². The Bertz CT molecular complexity index is 980. The molecule has 1 saturated heterocycles. The first-order chi connectivity index (χ1) is 15.2. The van der Waals surface area contributed by atoms with Gasteiger partial charge in [-0.1, -0.05) is 17.4 Å². The molecule has 1 aromatic carbocycles. The Morgan fingerprint density at radius 1 is 1.03 bits per heavy atom. The van der Waals surface area contributed by atoms with Gasteiger partial charge in [-0.2, -0.15) is 0 Å². The Kier molecular flexibility index (Phi) is 7.06. The third-order valence-corrected chi connectivity index (χ3v) is 6.36. The van der Waals surface area contributed by atoms with Gasteiger partial charge in [0, 0.05) is 51.2 Å². The maximum atomic E-state index is 5.68. The minimum absolute atomic E-state index is 0.610. The number of rotatable bonds is 9. The van der Waals surface area contributed by atoms with E-state index in [1.54, 1.807) is 18.4 Å².